The van der Waals surface area contributed by atoms with Crippen LogP contribution in [0.5, 0.6) is 0 Å². The van der Waals surface area contributed by atoms with Gasteiger partial charge in [-0.25, -0.2) is 0 Å². The lowest BCUT2D eigenvalue weighted by Gasteiger charge is -2.32. The van der Waals surface area contributed by atoms with E-state index >= 15 is 0 Å². The van der Waals surface area contributed by atoms with Crippen molar-refractivity contribution in [2.75, 3.05) is 0 Å². The van der Waals surface area contributed by atoms with Crippen molar-refractivity contribution >= 4 is 11.9 Å². The molecule has 0 radical (unpaired) electrons. The Morgan fingerprint density at radius 1 is 1.33 bits per heavy atom. The summed E-state index contributed by atoms with van der Waals surface area (Å²) in [6, 6.07) is -0.626. The van der Waals surface area contributed by atoms with Gasteiger partial charge in [-0.1, -0.05) is 20.8 Å². The molecule has 0 aromatic heterocycles. The van der Waals surface area contributed by atoms with Crippen LogP contribution >= 0.6 is 0 Å². The molecule has 18 heavy (non-hydrogen) atoms. The van der Waals surface area contributed by atoms with Crippen LogP contribution in [0.4, 0.5) is 0 Å². The van der Waals surface area contributed by atoms with E-state index in [9.17, 15) is 9.59 Å². The molecule has 4 atom stereocenters. The molecular formula is C13H22N2O3. The largest absolute Gasteiger partial charge is 0.481 e. The third kappa shape index (κ3) is 2.00. The first-order valence-electron chi connectivity index (χ1n) is 6.54. The molecule has 2 bridgehead atoms. The number of nitrogens with zero attached hydrogens (tertiary/aromatic N) is 1. The van der Waals surface area contributed by atoms with Gasteiger partial charge in [0.05, 0.1) is 12.0 Å². The minimum absolute atomic E-state index is 0.0806. The van der Waals surface area contributed by atoms with Crippen LogP contribution in [0.15, 0.2) is 0 Å². The number of amides is 1. The Bertz CT molecular complexity index is 375. The van der Waals surface area contributed by atoms with Gasteiger partial charge in [0.2, 0.25) is 5.91 Å². The van der Waals surface area contributed by atoms with Crippen LogP contribution in [0, 0.1) is 11.3 Å². The monoisotopic (exact) mass is 254 g/mol. The van der Waals surface area contributed by atoms with E-state index in [0.29, 0.717) is 6.42 Å². The molecule has 3 N–H and O–H groups in total. The zero-order chi connectivity index (χ0) is 13.7. The van der Waals surface area contributed by atoms with E-state index < -0.39 is 17.9 Å². The Labute approximate surface area is 107 Å². The van der Waals surface area contributed by atoms with Crippen LogP contribution in [0.2, 0.25) is 0 Å². The fourth-order valence-corrected chi connectivity index (χ4v) is 3.13. The van der Waals surface area contributed by atoms with Crippen LogP contribution in [0.1, 0.15) is 40.0 Å². The van der Waals surface area contributed by atoms with Gasteiger partial charge >= 0.3 is 5.97 Å². The van der Waals surface area contributed by atoms with E-state index in [4.69, 9.17) is 10.8 Å². The topological polar surface area (TPSA) is 83.6 Å². The summed E-state index contributed by atoms with van der Waals surface area (Å²) in [4.78, 5) is 25.3. The highest BCUT2D eigenvalue weighted by Crippen LogP contribution is 2.42. The molecule has 0 aromatic rings. The number of aliphatic carboxylic acids is 1. The van der Waals surface area contributed by atoms with Crippen molar-refractivity contribution in [1.29, 1.82) is 0 Å². The minimum Gasteiger partial charge on any atom is -0.481 e. The maximum atomic E-state index is 12.4. The van der Waals surface area contributed by atoms with Gasteiger partial charge in [-0.15, -0.1) is 0 Å². The molecular weight excluding hydrogens is 232 g/mol. The van der Waals surface area contributed by atoms with Gasteiger partial charge < -0.3 is 15.7 Å². The lowest BCUT2D eigenvalue weighted by atomic mass is 9.86. The van der Waals surface area contributed by atoms with E-state index in [-0.39, 0.29) is 23.4 Å². The zero-order valence-corrected chi connectivity index (χ0v) is 11.2. The quantitative estimate of drug-likeness (QED) is 0.764. The molecule has 5 heteroatoms. The molecule has 0 aliphatic carbocycles. The molecule has 0 aromatic carbocycles. The summed E-state index contributed by atoms with van der Waals surface area (Å²) in [6.07, 6.45) is 2.30. The third-order valence-corrected chi connectivity index (χ3v) is 4.31. The average molecular weight is 254 g/mol. The second-order valence-electron chi connectivity index (χ2n) is 6.57. The Balaban J connectivity index is 2.16. The number of nitrogens with two attached hydrogens (primary N) is 1. The second kappa shape index (κ2) is 4.23. The van der Waals surface area contributed by atoms with E-state index in [1.54, 1.807) is 4.90 Å². The predicted molar refractivity (Wildman–Crippen MR) is 66.8 cm³/mol. The second-order valence-corrected chi connectivity index (χ2v) is 6.57. The summed E-state index contributed by atoms with van der Waals surface area (Å²) in [5.41, 5.74) is 5.72. The first kappa shape index (κ1) is 13.3. The highest BCUT2D eigenvalue weighted by Gasteiger charge is 2.52. The van der Waals surface area contributed by atoms with E-state index in [2.05, 4.69) is 0 Å². The molecule has 2 aliphatic heterocycles. The van der Waals surface area contributed by atoms with Crippen molar-refractivity contribution in [2.45, 2.75) is 58.2 Å². The average Bonchev–Trinajstić information content (AvgIpc) is 2.82. The third-order valence-electron chi connectivity index (χ3n) is 4.31. The predicted octanol–water partition coefficient (Wildman–Crippen LogP) is 0.824. The summed E-state index contributed by atoms with van der Waals surface area (Å²) in [5, 5.41) is 9.16. The number of hydrogen-bond acceptors (Lipinski definition) is 3. The Morgan fingerprint density at radius 2 is 1.94 bits per heavy atom. The normalized spacial score (nSPS) is 32.7. The van der Waals surface area contributed by atoms with E-state index in [1.165, 1.54) is 0 Å². The number of hydrogen-bond donors (Lipinski definition) is 2. The lowest BCUT2D eigenvalue weighted by molar-refractivity contribution is -0.143. The van der Waals surface area contributed by atoms with Crippen molar-refractivity contribution in [3.8, 4) is 0 Å². The fourth-order valence-electron chi connectivity index (χ4n) is 3.13. The molecule has 0 saturated carbocycles. The van der Waals surface area contributed by atoms with Gasteiger partial charge in [-0.2, -0.15) is 0 Å². The molecule has 2 heterocycles. The van der Waals surface area contributed by atoms with Crippen LogP contribution < -0.4 is 5.73 Å². The maximum Gasteiger partial charge on any atom is 0.308 e. The smallest absolute Gasteiger partial charge is 0.308 e. The van der Waals surface area contributed by atoms with Gasteiger partial charge in [0.25, 0.3) is 0 Å². The number of fused-ring (bicyclic) bond motifs is 2. The highest BCUT2D eigenvalue weighted by molar-refractivity contribution is 5.85. The van der Waals surface area contributed by atoms with Gasteiger partial charge in [-0.05, 0) is 24.7 Å². The lowest BCUT2D eigenvalue weighted by Crippen LogP contribution is -2.52. The number of carboxylic acids is 1. The molecule has 2 rings (SSSR count). The molecule has 4 unspecified atom stereocenters. The van der Waals surface area contributed by atoms with Crippen molar-refractivity contribution in [3.05, 3.63) is 0 Å². The van der Waals surface area contributed by atoms with Gasteiger partial charge in [0.15, 0.2) is 0 Å². The first-order valence-corrected chi connectivity index (χ1v) is 6.54. The maximum absolute atomic E-state index is 12.4. The van der Waals surface area contributed by atoms with Crippen molar-refractivity contribution in [3.63, 3.8) is 0 Å². The molecule has 102 valence electrons. The number of carboxylic acid groups (broad SMARTS) is 1. The Hall–Kier alpha value is -1.10. The van der Waals surface area contributed by atoms with Crippen molar-refractivity contribution in [2.24, 2.45) is 17.1 Å². The molecule has 0 spiro atoms. The summed E-state index contributed by atoms with van der Waals surface area (Å²) in [6.45, 7) is 5.80. The van der Waals surface area contributed by atoms with E-state index in [1.807, 2.05) is 20.8 Å². The number of carbonyl (C=O) groups is 2. The Morgan fingerprint density at radius 3 is 2.39 bits per heavy atom. The highest BCUT2D eigenvalue weighted by atomic mass is 16.4. The van der Waals surface area contributed by atoms with Crippen molar-refractivity contribution in [1.82, 2.24) is 4.90 Å². The molecule has 2 saturated heterocycles. The molecule has 2 aliphatic rings. The Kier molecular flexibility index (Phi) is 3.13. The first-order chi connectivity index (χ1) is 8.23. The SMILES string of the molecule is CC(C)(C)C(N)C(=O)N1C2CCC1C(C(=O)O)C2. The summed E-state index contributed by atoms with van der Waals surface area (Å²) >= 11 is 0. The fraction of sp³-hybridized carbons (Fsp3) is 0.846. The number of carbonyl (C=O) groups excluding carboxylic acids is 1. The summed E-state index contributed by atoms with van der Waals surface area (Å²) in [5.74, 6) is -1.28. The molecule has 1 amide bonds. The van der Waals surface area contributed by atoms with Crippen LogP contribution in [-0.2, 0) is 9.59 Å². The van der Waals surface area contributed by atoms with Gasteiger partial charge in [0, 0.05) is 12.1 Å². The summed E-state index contributed by atoms with van der Waals surface area (Å²) in [7, 11) is 0. The zero-order valence-electron chi connectivity index (χ0n) is 11.2. The van der Waals surface area contributed by atoms with Crippen LogP contribution in [-0.4, -0.2) is 40.0 Å². The van der Waals surface area contributed by atoms with Gasteiger partial charge in [-0.3, -0.25) is 9.59 Å². The van der Waals surface area contributed by atoms with E-state index in [0.717, 1.165) is 12.8 Å². The summed E-state index contributed by atoms with van der Waals surface area (Å²) < 4.78 is 0. The standard InChI is InChI=1S/C13H22N2O3/c1-13(2,3)10(14)11(16)15-7-4-5-9(15)8(6-7)12(17)18/h7-10H,4-6,14H2,1-3H3,(H,17,18). The van der Waals surface area contributed by atoms with Crippen LogP contribution in [0.3, 0.4) is 0 Å². The minimum atomic E-state index is -0.788. The molecule has 5 nitrogen and oxygen atoms in total. The van der Waals surface area contributed by atoms with Crippen molar-refractivity contribution < 1.29 is 14.7 Å². The van der Waals surface area contributed by atoms with Crippen LogP contribution in [0.25, 0.3) is 0 Å². The number of rotatable bonds is 2. The van der Waals surface area contributed by atoms with Gasteiger partial charge in [0.1, 0.15) is 0 Å². The molecule has 2 fully saturated rings.